The van der Waals surface area contributed by atoms with Crippen LogP contribution in [0.1, 0.15) is 26.7 Å². The second-order valence-corrected chi connectivity index (χ2v) is 3.88. The fourth-order valence-electron chi connectivity index (χ4n) is 1.94. The van der Waals surface area contributed by atoms with Gasteiger partial charge in [0, 0.05) is 25.7 Å². The van der Waals surface area contributed by atoms with Gasteiger partial charge in [-0.3, -0.25) is 4.90 Å². The lowest BCUT2D eigenvalue weighted by molar-refractivity contribution is 0.112. The molecule has 0 aliphatic carbocycles. The molecule has 0 aromatic carbocycles. The fraction of sp³-hybridized carbons (Fsp3) is 1.00. The summed E-state index contributed by atoms with van der Waals surface area (Å²) >= 11 is 0. The van der Waals surface area contributed by atoms with Gasteiger partial charge in [-0.25, -0.2) is 0 Å². The molecule has 1 atom stereocenters. The summed E-state index contributed by atoms with van der Waals surface area (Å²) in [5.41, 5.74) is 0. The molecule has 1 aliphatic rings. The fourth-order valence-corrected chi connectivity index (χ4v) is 1.94. The minimum absolute atomic E-state index is 0.719. The minimum Gasteiger partial charge on any atom is -0.380 e. The Balaban J connectivity index is 2.10. The summed E-state index contributed by atoms with van der Waals surface area (Å²) in [5, 5.41) is 3.53. The highest BCUT2D eigenvalue weighted by Crippen LogP contribution is 2.06. The van der Waals surface area contributed by atoms with Gasteiger partial charge in [0.25, 0.3) is 0 Å². The summed E-state index contributed by atoms with van der Waals surface area (Å²) < 4.78 is 5.37. The van der Waals surface area contributed by atoms with Crippen molar-refractivity contribution in [2.45, 2.75) is 32.7 Å². The zero-order valence-electron chi connectivity index (χ0n) is 9.59. The molecular weight excluding hydrogens is 176 g/mol. The highest BCUT2D eigenvalue weighted by molar-refractivity contribution is 4.77. The lowest BCUT2D eigenvalue weighted by atomic mass is 10.2. The van der Waals surface area contributed by atoms with E-state index in [1.54, 1.807) is 0 Å². The van der Waals surface area contributed by atoms with Gasteiger partial charge in [0.15, 0.2) is 0 Å². The highest BCUT2D eigenvalue weighted by Gasteiger charge is 2.16. The number of rotatable bonds is 7. The van der Waals surface area contributed by atoms with Crippen molar-refractivity contribution >= 4 is 0 Å². The molecule has 84 valence electrons. The van der Waals surface area contributed by atoms with E-state index in [0.717, 1.165) is 32.3 Å². The SMILES string of the molecule is CCOCCN(CC)C[C@@H]1CCCN1. The number of nitrogens with zero attached hydrogens (tertiary/aromatic N) is 1. The number of ether oxygens (including phenoxy) is 1. The maximum atomic E-state index is 5.37. The van der Waals surface area contributed by atoms with E-state index in [9.17, 15) is 0 Å². The molecule has 0 aromatic heterocycles. The van der Waals surface area contributed by atoms with E-state index in [-0.39, 0.29) is 0 Å². The molecule has 0 unspecified atom stereocenters. The van der Waals surface area contributed by atoms with Gasteiger partial charge in [-0.2, -0.15) is 0 Å². The Hall–Kier alpha value is -0.120. The summed E-state index contributed by atoms with van der Waals surface area (Å²) in [4.78, 5) is 2.47. The molecule has 1 N–H and O–H groups in total. The molecule has 1 fully saturated rings. The van der Waals surface area contributed by atoms with E-state index >= 15 is 0 Å². The molecular formula is C11H24N2O. The normalized spacial score (nSPS) is 22.1. The molecule has 0 spiro atoms. The lowest BCUT2D eigenvalue weighted by Gasteiger charge is -2.23. The van der Waals surface area contributed by atoms with Crippen molar-refractivity contribution < 1.29 is 4.74 Å². The second kappa shape index (κ2) is 7.21. The van der Waals surface area contributed by atoms with Crippen LogP contribution in [0.5, 0.6) is 0 Å². The molecule has 0 saturated carbocycles. The number of nitrogens with one attached hydrogen (secondary N) is 1. The van der Waals surface area contributed by atoms with Gasteiger partial charge in [0.05, 0.1) is 6.61 Å². The third-order valence-corrected chi connectivity index (χ3v) is 2.84. The van der Waals surface area contributed by atoms with E-state index in [0.29, 0.717) is 0 Å². The van der Waals surface area contributed by atoms with Crippen LogP contribution in [-0.4, -0.2) is 50.3 Å². The van der Waals surface area contributed by atoms with E-state index in [2.05, 4.69) is 24.1 Å². The Morgan fingerprint density at radius 1 is 1.43 bits per heavy atom. The van der Waals surface area contributed by atoms with Crippen molar-refractivity contribution in [3.8, 4) is 0 Å². The molecule has 1 rings (SSSR count). The van der Waals surface area contributed by atoms with Crippen LogP contribution >= 0.6 is 0 Å². The van der Waals surface area contributed by atoms with Crippen molar-refractivity contribution in [2.75, 3.05) is 39.4 Å². The van der Waals surface area contributed by atoms with Crippen molar-refractivity contribution in [1.29, 1.82) is 0 Å². The van der Waals surface area contributed by atoms with E-state index in [4.69, 9.17) is 4.74 Å². The first-order valence-electron chi connectivity index (χ1n) is 5.90. The molecule has 0 aromatic rings. The first kappa shape index (κ1) is 12.0. The van der Waals surface area contributed by atoms with Gasteiger partial charge in [-0.1, -0.05) is 6.92 Å². The lowest BCUT2D eigenvalue weighted by Crippen LogP contribution is -2.39. The standard InChI is InChI=1S/C11H24N2O/c1-3-13(8-9-14-4-2)10-11-6-5-7-12-11/h11-12H,3-10H2,1-2H3/t11-/m0/s1. The summed E-state index contributed by atoms with van der Waals surface area (Å²) in [6, 6.07) is 0.719. The van der Waals surface area contributed by atoms with Crippen LogP contribution < -0.4 is 5.32 Å². The third kappa shape index (κ3) is 4.40. The van der Waals surface area contributed by atoms with Crippen LogP contribution in [0.25, 0.3) is 0 Å². The Morgan fingerprint density at radius 2 is 2.29 bits per heavy atom. The molecule has 0 amide bonds. The van der Waals surface area contributed by atoms with Crippen molar-refractivity contribution in [1.82, 2.24) is 10.2 Å². The van der Waals surface area contributed by atoms with Crippen molar-refractivity contribution in [3.63, 3.8) is 0 Å². The van der Waals surface area contributed by atoms with Crippen LogP contribution in [0.3, 0.4) is 0 Å². The molecule has 0 radical (unpaired) electrons. The van der Waals surface area contributed by atoms with Crippen LogP contribution in [0.2, 0.25) is 0 Å². The van der Waals surface area contributed by atoms with Gasteiger partial charge in [-0.05, 0) is 32.9 Å². The number of hydrogen-bond donors (Lipinski definition) is 1. The average Bonchev–Trinajstić information content (AvgIpc) is 2.69. The Morgan fingerprint density at radius 3 is 2.86 bits per heavy atom. The molecule has 3 heteroatoms. The minimum atomic E-state index is 0.719. The molecule has 1 saturated heterocycles. The van der Waals surface area contributed by atoms with Crippen LogP contribution in [-0.2, 0) is 4.74 Å². The molecule has 14 heavy (non-hydrogen) atoms. The summed E-state index contributed by atoms with van der Waals surface area (Å²) in [6.45, 7) is 10.6. The van der Waals surface area contributed by atoms with Gasteiger partial charge in [0.2, 0.25) is 0 Å². The zero-order chi connectivity index (χ0) is 10.2. The molecule has 3 nitrogen and oxygen atoms in total. The Labute approximate surface area is 87.8 Å². The highest BCUT2D eigenvalue weighted by atomic mass is 16.5. The van der Waals surface area contributed by atoms with E-state index in [1.807, 2.05) is 0 Å². The summed E-state index contributed by atoms with van der Waals surface area (Å²) in [5.74, 6) is 0. The average molecular weight is 200 g/mol. The number of likely N-dealkylation sites (N-methyl/N-ethyl adjacent to an activating group) is 1. The largest absolute Gasteiger partial charge is 0.380 e. The van der Waals surface area contributed by atoms with Gasteiger partial charge >= 0.3 is 0 Å². The molecule has 1 aliphatic heterocycles. The van der Waals surface area contributed by atoms with Gasteiger partial charge in [-0.15, -0.1) is 0 Å². The Kier molecular flexibility index (Phi) is 6.15. The second-order valence-electron chi connectivity index (χ2n) is 3.88. The van der Waals surface area contributed by atoms with Crippen LogP contribution in [0, 0.1) is 0 Å². The van der Waals surface area contributed by atoms with E-state index < -0.39 is 0 Å². The third-order valence-electron chi connectivity index (χ3n) is 2.84. The molecule has 1 heterocycles. The summed E-state index contributed by atoms with van der Waals surface area (Å²) in [7, 11) is 0. The van der Waals surface area contributed by atoms with Gasteiger partial charge in [0.1, 0.15) is 0 Å². The van der Waals surface area contributed by atoms with Gasteiger partial charge < -0.3 is 10.1 Å². The maximum Gasteiger partial charge on any atom is 0.0593 e. The predicted octanol–water partition coefficient (Wildman–Crippen LogP) is 1.10. The maximum absolute atomic E-state index is 5.37. The first-order valence-corrected chi connectivity index (χ1v) is 5.90. The summed E-state index contributed by atoms with van der Waals surface area (Å²) in [6.07, 6.45) is 2.68. The number of hydrogen-bond acceptors (Lipinski definition) is 3. The monoisotopic (exact) mass is 200 g/mol. The quantitative estimate of drug-likeness (QED) is 0.623. The smallest absolute Gasteiger partial charge is 0.0593 e. The van der Waals surface area contributed by atoms with Crippen LogP contribution in [0.15, 0.2) is 0 Å². The van der Waals surface area contributed by atoms with Crippen LogP contribution in [0.4, 0.5) is 0 Å². The predicted molar refractivity (Wildman–Crippen MR) is 59.6 cm³/mol. The topological polar surface area (TPSA) is 24.5 Å². The van der Waals surface area contributed by atoms with E-state index in [1.165, 1.54) is 25.9 Å². The zero-order valence-corrected chi connectivity index (χ0v) is 9.59. The first-order chi connectivity index (χ1) is 6.86. The van der Waals surface area contributed by atoms with Crippen molar-refractivity contribution in [2.24, 2.45) is 0 Å². The molecule has 0 bridgehead atoms. The Bertz CT molecular complexity index is 135. The van der Waals surface area contributed by atoms with Crippen molar-refractivity contribution in [3.05, 3.63) is 0 Å².